The molecular weight excluding hydrogens is 575 g/mol. The van der Waals surface area contributed by atoms with Crippen LogP contribution in [-0.4, -0.2) is 41.0 Å². The Hall–Kier alpha value is -5.16. The van der Waals surface area contributed by atoms with E-state index >= 15 is 0 Å². The van der Waals surface area contributed by atoms with Gasteiger partial charge in [-0.15, -0.1) is 0 Å². The lowest BCUT2D eigenvalue weighted by atomic mass is 9.99. The molecule has 1 unspecified atom stereocenters. The Morgan fingerprint density at radius 2 is 1.61 bits per heavy atom. The molecule has 1 heterocycles. The number of hydrogen-bond donors (Lipinski definition) is 3. The van der Waals surface area contributed by atoms with Crippen molar-refractivity contribution in [2.75, 3.05) is 18.5 Å². The zero-order valence-corrected chi connectivity index (χ0v) is 23.3. The lowest BCUT2D eigenvalue weighted by Crippen LogP contribution is -2.32. The Labute approximate surface area is 250 Å². The number of carbonyl (C=O) groups excluding carboxylic acids is 1. The van der Waals surface area contributed by atoms with E-state index in [0.717, 1.165) is 40.9 Å². The van der Waals surface area contributed by atoms with Crippen molar-refractivity contribution in [2.24, 2.45) is 0 Å². The minimum absolute atomic E-state index is 0.0520. The topological polar surface area (TPSA) is 114 Å². The van der Waals surface area contributed by atoms with Gasteiger partial charge in [0.2, 0.25) is 5.89 Å². The normalized spacial score (nSPS) is 12.2. The third-order valence-corrected chi connectivity index (χ3v) is 6.80. The summed E-state index contributed by atoms with van der Waals surface area (Å²) in [5.41, 5.74) is 1.85. The summed E-state index contributed by atoms with van der Waals surface area (Å²) in [7, 11) is 0. The minimum atomic E-state index is -4.52. The van der Waals surface area contributed by atoms with Crippen molar-refractivity contribution in [3.63, 3.8) is 0 Å². The summed E-state index contributed by atoms with van der Waals surface area (Å²) in [6, 6.07) is 23.7. The van der Waals surface area contributed by atoms with Crippen LogP contribution in [0.15, 0.2) is 101 Å². The summed E-state index contributed by atoms with van der Waals surface area (Å²) in [6.07, 6.45) is -4.42. The van der Waals surface area contributed by atoms with E-state index in [9.17, 15) is 27.9 Å². The fourth-order valence-corrected chi connectivity index (χ4v) is 4.55. The summed E-state index contributed by atoms with van der Waals surface area (Å²) in [4.78, 5) is 29.6. The van der Waals surface area contributed by atoms with Gasteiger partial charge in [0.25, 0.3) is 0 Å². The molecule has 0 spiro atoms. The molecule has 0 aliphatic heterocycles. The lowest BCUT2D eigenvalue weighted by Gasteiger charge is -2.18. The number of nitrogens with zero attached hydrogens (tertiary/aromatic N) is 1. The minimum Gasteiger partial charge on any atom is -0.492 e. The number of nitrogens with one attached hydrogen (secondary N) is 2. The van der Waals surface area contributed by atoms with Gasteiger partial charge in [-0.05, 0) is 54.1 Å². The summed E-state index contributed by atoms with van der Waals surface area (Å²) in [6.45, 7) is 1.40. The van der Waals surface area contributed by atoms with E-state index in [-0.39, 0.29) is 23.2 Å². The van der Waals surface area contributed by atoms with Crippen LogP contribution in [-0.2, 0) is 23.9 Å². The van der Waals surface area contributed by atoms with Crippen molar-refractivity contribution in [3.05, 3.63) is 125 Å². The number of para-hydroxylation sites is 3. The number of alkyl halides is 3. The largest absolute Gasteiger partial charge is 0.492 e. The molecular formula is C33H28F3N3O5. The first-order valence-corrected chi connectivity index (χ1v) is 13.7. The zero-order chi connectivity index (χ0) is 31.1. The maximum absolute atomic E-state index is 13.1. The molecule has 0 radical (unpaired) electrons. The van der Waals surface area contributed by atoms with Gasteiger partial charge >= 0.3 is 12.1 Å². The molecule has 0 amide bonds. The fourth-order valence-electron chi connectivity index (χ4n) is 4.55. The highest BCUT2D eigenvalue weighted by Crippen LogP contribution is 2.30. The number of benzene rings is 4. The number of anilines is 1. The van der Waals surface area contributed by atoms with Crippen molar-refractivity contribution >= 4 is 28.5 Å². The van der Waals surface area contributed by atoms with Crippen LogP contribution in [0.1, 0.15) is 32.9 Å². The molecule has 0 bridgehead atoms. The molecule has 0 aliphatic rings. The molecule has 0 fully saturated rings. The number of aliphatic carboxylic acids is 1. The van der Waals surface area contributed by atoms with Gasteiger partial charge < -0.3 is 24.9 Å². The van der Waals surface area contributed by atoms with Crippen molar-refractivity contribution in [2.45, 2.75) is 25.2 Å². The molecule has 0 saturated heterocycles. The Bertz CT molecular complexity index is 1700. The summed E-state index contributed by atoms with van der Waals surface area (Å²) in [5.74, 6) is -0.462. The highest BCUT2D eigenvalue weighted by molar-refractivity contribution is 6.12. The molecule has 5 aromatic rings. The first-order chi connectivity index (χ1) is 21.2. The van der Waals surface area contributed by atoms with E-state index in [2.05, 4.69) is 15.6 Å². The number of ether oxygens (including phenoxy) is 1. The number of rotatable bonds is 13. The molecule has 5 rings (SSSR count). The first kappa shape index (κ1) is 30.3. The third kappa shape index (κ3) is 7.61. The first-order valence-electron chi connectivity index (χ1n) is 13.7. The molecule has 1 aromatic heterocycles. The van der Waals surface area contributed by atoms with Gasteiger partial charge in [-0.2, -0.15) is 13.2 Å². The number of halogens is 3. The molecule has 4 aromatic carbocycles. The number of carboxylic acid groups (broad SMARTS) is 1. The predicted molar refractivity (Wildman–Crippen MR) is 158 cm³/mol. The number of aromatic nitrogens is 1. The SMILES string of the molecule is O=C(c1ccc(C(F)(F)F)cc1)c1ccccc1NC(Cc1ccc(OCCNCc2nc3ccccc3o2)cc1)C(=O)O. The Morgan fingerprint density at radius 1 is 0.909 bits per heavy atom. The Morgan fingerprint density at radius 3 is 2.32 bits per heavy atom. The second kappa shape index (κ2) is 13.4. The predicted octanol–water partition coefficient (Wildman–Crippen LogP) is 6.35. The van der Waals surface area contributed by atoms with Crippen LogP contribution in [0.3, 0.4) is 0 Å². The fraction of sp³-hybridized carbons (Fsp3) is 0.182. The second-order valence-corrected chi connectivity index (χ2v) is 9.93. The van der Waals surface area contributed by atoms with Crippen molar-refractivity contribution in [3.8, 4) is 5.75 Å². The Kier molecular flexibility index (Phi) is 9.25. The van der Waals surface area contributed by atoms with Gasteiger partial charge in [0.15, 0.2) is 11.4 Å². The van der Waals surface area contributed by atoms with Gasteiger partial charge in [0, 0.05) is 29.8 Å². The van der Waals surface area contributed by atoms with Crippen LogP contribution < -0.4 is 15.4 Å². The van der Waals surface area contributed by atoms with E-state index in [4.69, 9.17) is 9.15 Å². The summed E-state index contributed by atoms with van der Waals surface area (Å²) >= 11 is 0. The van der Waals surface area contributed by atoms with Gasteiger partial charge in [-0.1, -0.05) is 48.5 Å². The number of ketones is 1. The number of hydrogen-bond acceptors (Lipinski definition) is 7. The summed E-state index contributed by atoms with van der Waals surface area (Å²) < 4.78 is 50.2. The number of fused-ring (bicyclic) bond motifs is 1. The van der Waals surface area contributed by atoms with Gasteiger partial charge in [-0.3, -0.25) is 4.79 Å². The number of carboxylic acids is 1. The van der Waals surface area contributed by atoms with Crippen molar-refractivity contribution in [1.82, 2.24) is 10.3 Å². The molecule has 8 nitrogen and oxygen atoms in total. The van der Waals surface area contributed by atoms with Gasteiger partial charge in [-0.25, -0.2) is 9.78 Å². The maximum atomic E-state index is 13.1. The Balaban J connectivity index is 1.15. The molecule has 1 atom stereocenters. The average molecular weight is 604 g/mol. The molecule has 226 valence electrons. The molecule has 11 heteroatoms. The average Bonchev–Trinajstić information content (AvgIpc) is 3.44. The van der Waals surface area contributed by atoms with Crippen LogP contribution in [0.25, 0.3) is 11.1 Å². The van der Waals surface area contributed by atoms with E-state index < -0.39 is 29.5 Å². The lowest BCUT2D eigenvalue weighted by molar-refractivity contribution is -0.138. The standard InChI is InChI=1S/C33H28F3N3O5/c34-33(35,36)23-13-11-22(12-14-23)31(40)25-5-1-2-6-26(25)38-28(32(41)42)19-21-9-15-24(16-10-21)43-18-17-37-20-30-39-27-7-3-4-8-29(27)44-30/h1-16,28,37-38H,17-20H2,(H,41,42). The highest BCUT2D eigenvalue weighted by atomic mass is 19.4. The van der Waals surface area contributed by atoms with Crippen molar-refractivity contribution < 1.29 is 37.0 Å². The van der Waals surface area contributed by atoms with Gasteiger partial charge in [0.1, 0.15) is 23.9 Å². The molecule has 3 N–H and O–H groups in total. The molecule has 0 saturated carbocycles. The van der Waals surface area contributed by atoms with Crippen LogP contribution in [0.5, 0.6) is 5.75 Å². The van der Waals surface area contributed by atoms with Crippen molar-refractivity contribution in [1.29, 1.82) is 0 Å². The van der Waals surface area contributed by atoms with Gasteiger partial charge in [0.05, 0.1) is 12.1 Å². The summed E-state index contributed by atoms with van der Waals surface area (Å²) in [5, 5.41) is 16.0. The highest BCUT2D eigenvalue weighted by Gasteiger charge is 2.30. The second-order valence-electron chi connectivity index (χ2n) is 9.93. The van der Waals surface area contributed by atoms with Crippen LogP contribution in [0, 0.1) is 0 Å². The third-order valence-electron chi connectivity index (χ3n) is 6.80. The van der Waals surface area contributed by atoms with E-state index in [1.165, 1.54) is 6.07 Å². The number of oxazole rings is 1. The number of carbonyl (C=O) groups is 2. The molecule has 0 aliphatic carbocycles. The van der Waals surface area contributed by atoms with Crippen LogP contribution in [0.4, 0.5) is 18.9 Å². The van der Waals surface area contributed by atoms with E-state index in [0.29, 0.717) is 31.3 Å². The quantitative estimate of drug-likeness (QED) is 0.105. The smallest absolute Gasteiger partial charge is 0.416 e. The molecule has 44 heavy (non-hydrogen) atoms. The maximum Gasteiger partial charge on any atom is 0.416 e. The van der Waals surface area contributed by atoms with Crippen LogP contribution >= 0.6 is 0 Å². The van der Waals surface area contributed by atoms with E-state index in [1.807, 2.05) is 24.3 Å². The van der Waals surface area contributed by atoms with E-state index in [1.54, 1.807) is 42.5 Å². The monoisotopic (exact) mass is 603 g/mol. The van der Waals surface area contributed by atoms with Crippen LogP contribution in [0.2, 0.25) is 0 Å². The zero-order valence-electron chi connectivity index (χ0n) is 23.3.